The molecule has 16 heavy (non-hydrogen) atoms. The van der Waals surface area contributed by atoms with E-state index >= 15 is 0 Å². The molecule has 0 aliphatic heterocycles. The molecule has 1 aromatic heterocycles. The molecule has 0 amide bonds. The highest BCUT2D eigenvalue weighted by atomic mass is 15.2. The van der Waals surface area contributed by atoms with Gasteiger partial charge in [0.2, 0.25) is 0 Å². The first-order valence-electron chi connectivity index (χ1n) is 6.29. The average Bonchev–Trinajstić information content (AvgIpc) is 2.74. The zero-order chi connectivity index (χ0) is 11.6. The fourth-order valence-electron chi connectivity index (χ4n) is 2.70. The van der Waals surface area contributed by atoms with Crippen molar-refractivity contribution < 1.29 is 0 Å². The Hall–Kier alpha value is -0.830. The van der Waals surface area contributed by atoms with Crippen LogP contribution in [-0.2, 0) is 13.5 Å². The van der Waals surface area contributed by atoms with E-state index in [9.17, 15) is 0 Å². The van der Waals surface area contributed by atoms with Crippen LogP contribution in [0.4, 0.5) is 0 Å². The molecule has 0 spiro atoms. The monoisotopic (exact) mass is 221 g/mol. The third-order valence-corrected chi connectivity index (χ3v) is 3.82. The number of hydrogen-bond acceptors (Lipinski definition) is 2. The molecule has 0 radical (unpaired) electrons. The molecule has 1 aliphatic rings. The molecule has 1 unspecified atom stereocenters. The maximum absolute atomic E-state index is 4.18. The first-order valence-corrected chi connectivity index (χ1v) is 6.29. The van der Waals surface area contributed by atoms with Gasteiger partial charge in [0.25, 0.3) is 0 Å². The molecule has 0 aromatic carbocycles. The van der Waals surface area contributed by atoms with Crippen LogP contribution in [0.2, 0.25) is 0 Å². The van der Waals surface area contributed by atoms with Crippen molar-refractivity contribution in [1.82, 2.24) is 15.1 Å². The predicted octanol–water partition coefficient (Wildman–Crippen LogP) is 2.13. The van der Waals surface area contributed by atoms with Crippen LogP contribution < -0.4 is 5.32 Å². The molecule has 1 saturated carbocycles. The molecule has 3 nitrogen and oxygen atoms in total. The summed E-state index contributed by atoms with van der Waals surface area (Å²) in [6.07, 6.45) is 9.21. The summed E-state index contributed by atoms with van der Waals surface area (Å²) < 4.78 is 1.87. The maximum Gasteiger partial charge on any atom is 0.0522 e. The summed E-state index contributed by atoms with van der Waals surface area (Å²) >= 11 is 0. The molecule has 1 heterocycles. The maximum atomic E-state index is 4.18. The van der Waals surface area contributed by atoms with E-state index in [4.69, 9.17) is 0 Å². The van der Waals surface area contributed by atoms with Crippen molar-refractivity contribution in [2.45, 2.75) is 45.6 Å². The summed E-state index contributed by atoms with van der Waals surface area (Å²) in [5.41, 5.74) is 1.81. The SMILES string of the molecule is Cn1cc(CCNC2CCCC2(C)C)cn1. The van der Waals surface area contributed by atoms with Crippen molar-refractivity contribution in [2.75, 3.05) is 6.54 Å². The third kappa shape index (κ3) is 2.64. The summed E-state index contributed by atoms with van der Waals surface area (Å²) in [6.45, 7) is 5.82. The number of aromatic nitrogens is 2. The molecule has 2 rings (SSSR count). The van der Waals surface area contributed by atoms with Gasteiger partial charge in [-0.25, -0.2) is 0 Å². The van der Waals surface area contributed by atoms with E-state index < -0.39 is 0 Å². The molecule has 1 aromatic rings. The largest absolute Gasteiger partial charge is 0.313 e. The van der Waals surface area contributed by atoms with Crippen LogP contribution in [0.15, 0.2) is 12.4 Å². The molecule has 1 fully saturated rings. The summed E-state index contributed by atoms with van der Waals surface area (Å²) in [5.74, 6) is 0. The standard InChI is InChI=1S/C13H23N3/c1-13(2)7-4-5-12(13)14-8-6-11-9-15-16(3)10-11/h9-10,12,14H,4-8H2,1-3H3. The van der Waals surface area contributed by atoms with Crippen molar-refractivity contribution in [3.63, 3.8) is 0 Å². The van der Waals surface area contributed by atoms with Gasteiger partial charge in [0, 0.05) is 19.3 Å². The highest BCUT2D eigenvalue weighted by molar-refractivity contribution is 5.04. The summed E-state index contributed by atoms with van der Waals surface area (Å²) in [7, 11) is 1.97. The van der Waals surface area contributed by atoms with Gasteiger partial charge in [-0.1, -0.05) is 20.3 Å². The van der Waals surface area contributed by atoms with Gasteiger partial charge in [0.05, 0.1) is 6.20 Å². The molecule has 1 atom stereocenters. The van der Waals surface area contributed by atoms with Gasteiger partial charge in [0.15, 0.2) is 0 Å². The summed E-state index contributed by atoms with van der Waals surface area (Å²) in [6, 6.07) is 0.698. The Labute approximate surface area is 98.2 Å². The number of nitrogens with one attached hydrogen (secondary N) is 1. The van der Waals surface area contributed by atoms with Crippen LogP contribution in [0.3, 0.4) is 0 Å². The quantitative estimate of drug-likeness (QED) is 0.844. The number of aryl methyl sites for hydroxylation is 1. The van der Waals surface area contributed by atoms with E-state index in [0.29, 0.717) is 11.5 Å². The molecule has 0 bridgehead atoms. The Morgan fingerprint density at radius 2 is 2.38 bits per heavy atom. The smallest absolute Gasteiger partial charge is 0.0522 e. The van der Waals surface area contributed by atoms with Gasteiger partial charge in [-0.15, -0.1) is 0 Å². The molecular formula is C13H23N3. The van der Waals surface area contributed by atoms with E-state index in [1.165, 1.54) is 24.8 Å². The van der Waals surface area contributed by atoms with Crippen molar-refractivity contribution in [3.05, 3.63) is 18.0 Å². The first kappa shape index (κ1) is 11.6. The van der Waals surface area contributed by atoms with Crippen molar-refractivity contribution in [3.8, 4) is 0 Å². The van der Waals surface area contributed by atoms with Crippen molar-refractivity contribution >= 4 is 0 Å². The van der Waals surface area contributed by atoms with Gasteiger partial charge >= 0.3 is 0 Å². The minimum atomic E-state index is 0.481. The third-order valence-electron chi connectivity index (χ3n) is 3.82. The minimum absolute atomic E-state index is 0.481. The van der Waals surface area contributed by atoms with Crippen molar-refractivity contribution in [1.29, 1.82) is 0 Å². The van der Waals surface area contributed by atoms with Crippen LogP contribution >= 0.6 is 0 Å². The normalized spacial score (nSPS) is 23.8. The zero-order valence-electron chi connectivity index (χ0n) is 10.7. The second-order valence-corrected chi connectivity index (χ2v) is 5.66. The van der Waals surface area contributed by atoms with Crippen LogP contribution in [0.25, 0.3) is 0 Å². The van der Waals surface area contributed by atoms with E-state index in [2.05, 4.69) is 30.5 Å². The Morgan fingerprint density at radius 3 is 2.94 bits per heavy atom. The molecule has 0 saturated heterocycles. The van der Waals surface area contributed by atoms with Gasteiger partial charge in [-0.3, -0.25) is 4.68 Å². The summed E-state index contributed by atoms with van der Waals surface area (Å²) in [4.78, 5) is 0. The minimum Gasteiger partial charge on any atom is -0.313 e. The van der Waals surface area contributed by atoms with Gasteiger partial charge < -0.3 is 5.32 Å². The Bertz CT molecular complexity index is 341. The fourth-order valence-corrected chi connectivity index (χ4v) is 2.70. The highest BCUT2D eigenvalue weighted by Crippen LogP contribution is 2.36. The van der Waals surface area contributed by atoms with Crippen molar-refractivity contribution in [2.24, 2.45) is 12.5 Å². The van der Waals surface area contributed by atoms with Crippen LogP contribution in [0, 0.1) is 5.41 Å². The lowest BCUT2D eigenvalue weighted by Crippen LogP contribution is -2.38. The number of hydrogen-bond donors (Lipinski definition) is 1. The van der Waals surface area contributed by atoms with E-state index in [0.717, 1.165) is 13.0 Å². The van der Waals surface area contributed by atoms with E-state index in [1.54, 1.807) is 0 Å². The topological polar surface area (TPSA) is 29.9 Å². The molecular weight excluding hydrogens is 198 g/mol. The average molecular weight is 221 g/mol. The van der Waals surface area contributed by atoms with E-state index in [-0.39, 0.29) is 0 Å². The lowest BCUT2D eigenvalue weighted by molar-refractivity contribution is 0.285. The van der Waals surface area contributed by atoms with Gasteiger partial charge in [-0.05, 0) is 36.8 Å². The Balaban J connectivity index is 1.76. The van der Waals surface area contributed by atoms with Crippen LogP contribution in [0.5, 0.6) is 0 Å². The lowest BCUT2D eigenvalue weighted by Gasteiger charge is -2.27. The van der Waals surface area contributed by atoms with Gasteiger partial charge in [0.1, 0.15) is 0 Å². The second-order valence-electron chi connectivity index (χ2n) is 5.66. The fraction of sp³-hybridized carbons (Fsp3) is 0.769. The number of rotatable bonds is 4. The zero-order valence-corrected chi connectivity index (χ0v) is 10.7. The van der Waals surface area contributed by atoms with Gasteiger partial charge in [-0.2, -0.15) is 5.10 Å². The molecule has 3 heteroatoms. The Kier molecular flexibility index (Phi) is 3.33. The predicted molar refractivity (Wildman–Crippen MR) is 66.3 cm³/mol. The lowest BCUT2D eigenvalue weighted by atomic mass is 9.87. The molecule has 1 aliphatic carbocycles. The molecule has 90 valence electrons. The first-order chi connectivity index (χ1) is 7.58. The Morgan fingerprint density at radius 1 is 1.56 bits per heavy atom. The summed E-state index contributed by atoms with van der Waals surface area (Å²) in [5, 5.41) is 7.88. The molecule has 1 N–H and O–H groups in total. The number of nitrogens with zero attached hydrogens (tertiary/aromatic N) is 2. The highest BCUT2D eigenvalue weighted by Gasteiger charge is 2.33. The van der Waals surface area contributed by atoms with Crippen LogP contribution in [0.1, 0.15) is 38.7 Å². The second kappa shape index (κ2) is 4.58. The van der Waals surface area contributed by atoms with Crippen LogP contribution in [-0.4, -0.2) is 22.4 Å². The van der Waals surface area contributed by atoms with E-state index in [1.807, 2.05) is 17.9 Å².